The largest absolute Gasteiger partial charge is 0.416 e. The highest BCUT2D eigenvalue weighted by Gasteiger charge is 2.39. The van der Waals surface area contributed by atoms with Gasteiger partial charge in [0.2, 0.25) is 0 Å². The molecule has 0 spiro atoms. The normalized spacial score (nSPS) is 17.5. The molecule has 1 fully saturated rings. The van der Waals surface area contributed by atoms with Gasteiger partial charge in [0, 0.05) is 5.41 Å². The third-order valence-corrected chi connectivity index (χ3v) is 5.66. The lowest BCUT2D eigenvalue weighted by Gasteiger charge is -2.39. The Labute approximate surface area is 188 Å². The van der Waals surface area contributed by atoms with Crippen molar-refractivity contribution in [3.05, 3.63) is 70.8 Å². The lowest BCUT2D eigenvalue weighted by Crippen LogP contribution is -2.43. The van der Waals surface area contributed by atoms with Gasteiger partial charge in [0.05, 0.1) is 24.3 Å². The number of nitrogens with one attached hydrogen (secondary N) is 1. The van der Waals surface area contributed by atoms with Crippen molar-refractivity contribution in [2.45, 2.75) is 36.7 Å². The van der Waals surface area contributed by atoms with E-state index in [0.29, 0.717) is 38.1 Å². The van der Waals surface area contributed by atoms with Crippen LogP contribution in [0.4, 0.5) is 26.3 Å². The van der Waals surface area contributed by atoms with Gasteiger partial charge in [0.15, 0.2) is 0 Å². The molecule has 1 aliphatic heterocycles. The molecule has 2 aromatic carbocycles. The van der Waals surface area contributed by atoms with Gasteiger partial charge >= 0.3 is 12.4 Å². The van der Waals surface area contributed by atoms with Gasteiger partial charge in [-0.3, -0.25) is 0 Å². The zero-order chi connectivity index (χ0) is 22.7. The third-order valence-electron chi connectivity index (χ3n) is 5.66. The summed E-state index contributed by atoms with van der Waals surface area (Å²) in [5.74, 6) is 0. The maximum atomic E-state index is 13.2. The second-order valence-corrected chi connectivity index (χ2v) is 7.72. The fourth-order valence-electron chi connectivity index (χ4n) is 3.89. The Morgan fingerprint density at radius 3 is 1.91 bits per heavy atom. The molecule has 0 aliphatic carbocycles. The number of aliphatic hydroxyl groups is 1. The predicted molar refractivity (Wildman–Crippen MR) is 110 cm³/mol. The van der Waals surface area contributed by atoms with Crippen LogP contribution in [0.2, 0.25) is 0 Å². The molecule has 3 rings (SSSR count). The number of benzene rings is 2. The Morgan fingerprint density at radius 1 is 0.906 bits per heavy atom. The molecule has 0 aromatic heterocycles. The van der Waals surface area contributed by atoms with Gasteiger partial charge in [0.1, 0.15) is 6.10 Å². The second-order valence-electron chi connectivity index (χ2n) is 7.72. The summed E-state index contributed by atoms with van der Waals surface area (Å²) in [7, 11) is 0. The molecule has 1 unspecified atom stereocenters. The topological polar surface area (TPSA) is 41.5 Å². The van der Waals surface area contributed by atoms with Crippen LogP contribution in [0.25, 0.3) is 0 Å². The highest BCUT2D eigenvalue weighted by molar-refractivity contribution is 5.85. The molecule has 32 heavy (non-hydrogen) atoms. The number of alkyl halides is 6. The average molecular weight is 484 g/mol. The summed E-state index contributed by atoms with van der Waals surface area (Å²) in [4.78, 5) is 0. The zero-order valence-electron chi connectivity index (χ0n) is 17.0. The van der Waals surface area contributed by atoms with Crippen LogP contribution in [-0.4, -0.2) is 31.4 Å². The summed E-state index contributed by atoms with van der Waals surface area (Å²) in [5.41, 5.74) is -2.69. The molecule has 0 amide bonds. The van der Waals surface area contributed by atoms with Gasteiger partial charge in [-0.1, -0.05) is 30.3 Å². The molecular weight excluding hydrogens is 460 g/mol. The third kappa shape index (κ3) is 6.15. The zero-order valence-corrected chi connectivity index (χ0v) is 17.8. The van der Waals surface area contributed by atoms with Gasteiger partial charge in [-0.15, -0.1) is 12.4 Å². The molecule has 0 radical (unpaired) electrons. The van der Waals surface area contributed by atoms with Crippen molar-refractivity contribution in [2.75, 3.05) is 26.3 Å². The number of rotatable bonds is 6. The molecule has 1 aliphatic rings. The van der Waals surface area contributed by atoms with Crippen molar-refractivity contribution >= 4 is 12.4 Å². The molecule has 178 valence electrons. The highest BCUT2D eigenvalue weighted by Crippen LogP contribution is 2.39. The van der Waals surface area contributed by atoms with Crippen molar-refractivity contribution in [3.63, 3.8) is 0 Å². The quantitative estimate of drug-likeness (QED) is 0.532. The van der Waals surface area contributed by atoms with Gasteiger partial charge in [0.25, 0.3) is 0 Å². The van der Waals surface area contributed by atoms with E-state index in [2.05, 4.69) is 5.32 Å². The van der Waals surface area contributed by atoms with Crippen molar-refractivity contribution < 1.29 is 36.2 Å². The SMILES string of the molecule is Cl.OCC(OCC1(c2ccccc2)CCNCC1)c1cc(C(F)(F)F)cc(C(F)(F)F)c1. The predicted octanol–water partition coefficient (Wildman–Crippen LogP) is 5.52. The van der Waals surface area contributed by atoms with E-state index in [0.717, 1.165) is 5.56 Å². The highest BCUT2D eigenvalue weighted by atomic mass is 35.5. The first-order valence-corrected chi connectivity index (χ1v) is 9.83. The second kappa shape index (κ2) is 10.4. The Balaban J connectivity index is 0.00000363. The molecule has 2 N–H and O–H groups in total. The van der Waals surface area contributed by atoms with E-state index in [1.54, 1.807) is 0 Å². The smallest absolute Gasteiger partial charge is 0.393 e. The molecule has 1 heterocycles. The van der Waals surface area contributed by atoms with Crippen LogP contribution in [0, 0.1) is 0 Å². The monoisotopic (exact) mass is 483 g/mol. The van der Waals surface area contributed by atoms with Gasteiger partial charge in [-0.25, -0.2) is 0 Å². The minimum absolute atomic E-state index is 0. The van der Waals surface area contributed by atoms with Gasteiger partial charge in [-0.2, -0.15) is 26.3 Å². The van der Waals surface area contributed by atoms with Crippen molar-refractivity contribution in [2.24, 2.45) is 0 Å². The maximum absolute atomic E-state index is 13.2. The first kappa shape index (κ1) is 26.4. The summed E-state index contributed by atoms with van der Waals surface area (Å²) in [6.45, 7) is 0.705. The fraction of sp³-hybridized carbons (Fsp3) is 0.455. The van der Waals surface area contributed by atoms with Crippen molar-refractivity contribution in [1.29, 1.82) is 0 Å². The number of halogens is 7. The average Bonchev–Trinajstić information content (AvgIpc) is 2.74. The number of hydrogen-bond acceptors (Lipinski definition) is 3. The lowest BCUT2D eigenvalue weighted by atomic mass is 9.74. The standard InChI is InChI=1S/C22H23F6NO2.ClH/c23-21(24,25)17-10-15(11-18(12-17)22(26,27)28)19(13-30)31-14-20(6-8-29-9-7-20)16-4-2-1-3-5-16;/h1-5,10-12,19,29-30H,6-9,13-14H2;1H. The van der Waals surface area contributed by atoms with Crippen LogP contribution < -0.4 is 5.32 Å². The van der Waals surface area contributed by atoms with Crippen LogP contribution in [0.15, 0.2) is 48.5 Å². The van der Waals surface area contributed by atoms with E-state index < -0.39 is 41.6 Å². The van der Waals surface area contributed by atoms with E-state index in [-0.39, 0.29) is 30.6 Å². The summed E-state index contributed by atoms with van der Waals surface area (Å²) in [6, 6.07) is 10.7. The van der Waals surface area contributed by atoms with E-state index in [9.17, 15) is 31.4 Å². The summed E-state index contributed by atoms with van der Waals surface area (Å²) in [6.07, 6.45) is -9.87. The van der Waals surface area contributed by atoms with Crippen molar-refractivity contribution in [3.8, 4) is 0 Å². The lowest BCUT2D eigenvalue weighted by molar-refractivity contribution is -0.143. The molecule has 0 saturated carbocycles. The fourth-order valence-corrected chi connectivity index (χ4v) is 3.89. The summed E-state index contributed by atoms with van der Waals surface area (Å²) < 4.78 is 84.9. The minimum atomic E-state index is -4.96. The van der Waals surface area contributed by atoms with E-state index in [1.165, 1.54) is 0 Å². The number of hydrogen-bond donors (Lipinski definition) is 2. The van der Waals surface area contributed by atoms with Crippen molar-refractivity contribution in [1.82, 2.24) is 5.32 Å². The van der Waals surface area contributed by atoms with Crippen LogP contribution in [0.3, 0.4) is 0 Å². The Hall–Kier alpha value is -1.81. The molecule has 1 atom stereocenters. The maximum Gasteiger partial charge on any atom is 0.416 e. The molecule has 1 saturated heterocycles. The number of aliphatic hydroxyl groups excluding tert-OH is 1. The van der Waals surface area contributed by atoms with Crippen LogP contribution >= 0.6 is 12.4 Å². The number of ether oxygens (including phenoxy) is 1. The Morgan fingerprint density at radius 2 is 1.44 bits per heavy atom. The van der Waals surface area contributed by atoms with E-state index in [4.69, 9.17) is 4.74 Å². The van der Waals surface area contributed by atoms with Crippen LogP contribution in [0.5, 0.6) is 0 Å². The minimum Gasteiger partial charge on any atom is -0.393 e. The molecule has 3 nitrogen and oxygen atoms in total. The van der Waals surface area contributed by atoms with Crippen LogP contribution in [-0.2, 0) is 22.5 Å². The summed E-state index contributed by atoms with van der Waals surface area (Å²) >= 11 is 0. The number of piperidine rings is 1. The molecule has 0 bridgehead atoms. The Bertz CT molecular complexity index is 835. The first-order valence-electron chi connectivity index (χ1n) is 9.83. The molecular formula is C22H24ClF6NO2. The first-order chi connectivity index (χ1) is 14.5. The summed E-state index contributed by atoms with van der Waals surface area (Å²) in [5, 5.41) is 13.0. The molecule has 10 heteroatoms. The van der Waals surface area contributed by atoms with Gasteiger partial charge < -0.3 is 15.2 Å². The van der Waals surface area contributed by atoms with Crippen LogP contribution in [0.1, 0.15) is 41.2 Å². The van der Waals surface area contributed by atoms with E-state index in [1.807, 2.05) is 30.3 Å². The molecule has 2 aromatic rings. The van der Waals surface area contributed by atoms with E-state index >= 15 is 0 Å². The Kier molecular flexibility index (Phi) is 8.61. The van der Waals surface area contributed by atoms with Gasteiger partial charge in [-0.05, 0) is 55.3 Å².